The zero-order chi connectivity index (χ0) is 10.6. The number of hydrogen-bond acceptors (Lipinski definition) is 3. The van der Waals surface area contributed by atoms with Crippen LogP contribution in [-0.4, -0.2) is 42.8 Å². The molecule has 1 saturated heterocycles. The van der Waals surface area contributed by atoms with Crippen LogP contribution in [0.3, 0.4) is 0 Å². The van der Waals surface area contributed by atoms with E-state index >= 15 is 0 Å². The number of amides is 1. The average Bonchev–Trinajstić information content (AvgIpc) is 2.18. The summed E-state index contributed by atoms with van der Waals surface area (Å²) >= 11 is 0. The van der Waals surface area contributed by atoms with E-state index in [-0.39, 0.29) is 18.7 Å². The molecule has 4 nitrogen and oxygen atoms in total. The van der Waals surface area contributed by atoms with Gasteiger partial charge in [-0.05, 0) is 13.8 Å². The van der Waals surface area contributed by atoms with Gasteiger partial charge in [-0.1, -0.05) is 12.7 Å². The molecule has 14 heavy (non-hydrogen) atoms. The zero-order valence-corrected chi connectivity index (χ0v) is 8.82. The number of nitrogens with zero attached hydrogens (tertiary/aromatic N) is 1. The predicted molar refractivity (Wildman–Crippen MR) is 55.2 cm³/mol. The molecule has 1 aliphatic rings. The smallest absolute Gasteiger partial charge is 0.410 e. The van der Waals surface area contributed by atoms with Crippen molar-refractivity contribution in [3.05, 3.63) is 12.7 Å². The van der Waals surface area contributed by atoms with E-state index in [0.29, 0.717) is 12.6 Å². The van der Waals surface area contributed by atoms with Crippen molar-refractivity contribution < 1.29 is 9.53 Å². The summed E-state index contributed by atoms with van der Waals surface area (Å²) in [4.78, 5) is 13.3. The summed E-state index contributed by atoms with van der Waals surface area (Å²) in [6.07, 6.45) is 1.33. The lowest BCUT2D eigenvalue weighted by Gasteiger charge is -2.36. The lowest BCUT2D eigenvalue weighted by molar-refractivity contribution is 0.0812. The Morgan fingerprint density at radius 3 is 3.07 bits per heavy atom. The van der Waals surface area contributed by atoms with Gasteiger partial charge >= 0.3 is 6.09 Å². The minimum atomic E-state index is -0.245. The van der Waals surface area contributed by atoms with Crippen LogP contribution in [0.5, 0.6) is 0 Å². The highest BCUT2D eigenvalue weighted by atomic mass is 16.6. The van der Waals surface area contributed by atoms with Crippen LogP contribution in [0.4, 0.5) is 4.79 Å². The monoisotopic (exact) mass is 198 g/mol. The molecule has 1 heterocycles. The highest BCUT2D eigenvalue weighted by molar-refractivity contribution is 5.68. The Balaban J connectivity index is 2.46. The molecule has 0 aromatic heterocycles. The third kappa shape index (κ3) is 2.73. The minimum Gasteiger partial charge on any atom is -0.445 e. The summed E-state index contributed by atoms with van der Waals surface area (Å²) in [5.41, 5.74) is 0. The van der Waals surface area contributed by atoms with Crippen LogP contribution in [0.1, 0.15) is 13.8 Å². The summed E-state index contributed by atoms with van der Waals surface area (Å²) < 4.78 is 4.99. The maximum atomic E-state index is 11.5. The van der Waals surface area contributed by atoms with E-state index in [1.807, 2.05) is 6.92 Å². The van der Waals surface area contributed by atoms with E-state index in [4.69, 9.17) is 4.74 Å². The van der Waals surface area contributed by atoms with Gasteiger partial charge in [0, 0.05) is 25.2 Å². The molecule has 4 heteroatoms. The van der Waals surface area contributed by atoms with Crippen molar-refractivity contribution in [1.29, 1.82) is 0 Å². The van der Waals surface area contributed by atoms with Gasteiger partial charge in [-0.2, -0.15) is 0 Å². The van der Waals surface area contributed by atoms with Crippen molar-refractivity contribution in [3.63, 3.8) is 0 Å². The fraction of sp³-hybridized carbons (Fsp3) is 0.700. The third-order valence-electron chi connectivity index (χ3n) is 2.32. The van der Waals surface area contributed by atoms with E-state index in [1.165, 1.54) is 0 Å². The van der Waals surface area contributed by atoms with Crippen molar-refractivity contribution in [1.82, 2.24) is 10.2 Å². The largest absolute Gasteiger partial charge is 0.445 e. The number of ether oxygens (including phenoxy) is 1. The molecule has 2 atom stereocenters. The Morgan fingerprint density at radius 2 is 2.43 bits per heavy atom. The van der Waals surface area contributed by atoms with Gasteiger partial charge in [-0.25, -0.2) is 4.79 Å². The topological polar surface area (TPSA) is 41.6 Å². The second-order valence-corrected chi connectivity index (χ2v) is 3.68. The predicted octanol–water partition coefficient (Wildman–Crippen LogP) is 0.991. The van der Waals surface area contributed by atoms with Crippen LogP contribution in [0, 0.1) is 0 Å². The van der Waals surface area contributed by atoms with E-state index in [9.17, 15) is 4.79 Å². The molecule has 1 rings (SSSR count). The van der Waals surface area contributed by atoms with Crippen molar-refractivity contribution in [3.8, 4) is 0 Å². The van der Waals surface area contributed by atoms with Crippen LogP contribution in [0.2, 0.25) is 0 Å². The zero-order valence-electron chi connectivity index (χ0n) is 8.82. The first-order valence-electron chi connectivity index (χ1n) is 4.92. The molecule has 1 fully saturated rings. The first kappa shape index (κ1) is 11.0. The van der Waals surface area contributed by atoms with Gasteiger partial charge in [-0.15, -0.1) is 0 Å². The van der Waals surface area contributed by atoms with Crippen LogP contribution in [0.25, 0.3) is 0 Å². The van der Waals surface area contributed by atoms with Crippen LogP contribution < -0.4 is 5.32 Å². The fourth-order valence-corrected chi connectivity index (χ4v) is 1.49. The van der Waals surface area contributed by atoms with Crippen molar-refractivity contribution in [2.45, 2.75) is 25.9 Å². The number of hydrogen-bond donors (Lipinski definition) is 1. The second-order valence-electron chi connectivity index (χ2n) is 3.68. The SMILES string of the molecule is C=CCOC(=O)N1CC(C)NCC1C. The fourth-order valence-electron chi connectivity index (χ4n) is 1.49. The maximum Gasteiger partial charge on any atom is 0.410 e. The van der Waals surface area contributed by atoms with Gasteiger partial charge in [0.15, 0.2) is 0 Å². The first-order valence-corrected chi connectivity index (χ1v) is 4.92. The second kappa shape index (κ2) is 5.00. The maximum absolute atomic E-state index is 11.5. The van der Waals surface area contributed by atoms with Gasteiger partial charge < -0.3 is 15.0 Å². The summed E-state index contributed by atoms with van der Waals surface area (Å²) in [6.45, 7) is 9.38. The Hall–Kier alpha value is -1.03. The molecule has 0 aromatic carbocycles. The molecule has 0 aromatic rings. The molecule has 2 unspecified atom stereocenters. The van der Waals surface area contributed by atoms with E-state index in [0.717, 1.165) is 6.54 Å². The number of piperazine rings is 1. The lowest BCUT2D eigenvalue weighted by Crippen LogP contribution is -2.56. The standard InChI is InChI=1S/C10H18N2O2/c1-4-5-14-10(13)12-7-8(2)11-6-9(12)3/h4,8-9,11H,1,5-7H2,2-3H3. The number of carbonyl (C=O) groups is 1. The molecule has 0 aliphatic carbocycles. The lowest BCUT2D eigenvalue weighted by atomic mass is 10.1. The van der Waals surface area contributed by atoms with Crippen molar-refractivity contribution in [2.24, 2.45) is 0 Å². The van der Waals surface area contributed by atoms with E-state index in [1.54, 1.807) is 11.0 Å². The molecule has 1 amide bonds. The van der Waals surface area contributed by atoms with Crippen molar-refractivity contribution >= 4 is 6.09 Å². The first-order chi connectivity index (χ1) is 6.65. The molecule has 0 saturated carbocycles. The Bertz CT molecular complexity index is 218. The Morgan fingerprint density at radius 1 is 1.71 bits per heavy atom. The number of carbonyl (C=O) groups excluding carboxylic acids is 1. The highest BCUT2D eigenvalue weighted by Gasteiger charge is 2.27. The van der Waals surface area contributed by atoms with Gasteiger partial charge in [0.25, 0.3) is 0 Å². The van der Waals surface area contributed by atoms with E-state index in [2.05, 4.69) is 18.8 Å². The van der Waals surface area contributed by atoms with Crippen LogP contribution in [0.15, 0.2) is 12.7 Å². The summed E-state index contributed by atoms with van der Waals surface area (Å²) in [6, 6.07) is 0.533. The van der Waals surface area contributed by atoms with Crippen LogP contribution >= 0.6 is 0 Å². The Kier molecular flexibility index (Phi) is 3.95. The number of nitrogens with one attached hydrogen (secondary N) is 1. The average molecular weight is 198 g/mol. The summed E-state index contributed by atoms with van der Waals surface area (Å²) in [5, 5.41) is 3.30. The Labute approximate surface area is 84.9 Å². The molecule has 1 aliphatic heterocycles. The summed E-state index contributed by atoms with van der Waals surface area (Å²) in [5.74, 6) is 0. The van der Waals surface area contributed by atoms with Gasteiger partial charge in [0.1, 0.15) is 6.61 Å². The summed E-state index contributed by atoms with van der Waals surface area (Å²) in [7, 11) is 0. The molecular weight excluding hydrogens is 180 g/mol. The molecule has 0 spiro atoms. The quantitative estimate of drug-likeness (QED) is 0.673. The van der Waals surface area contributed by atoms with Gasteiger partial charge in [0.05, 0.1) is 0 Å². The minimum absolute atomic E-state index is 0.198. The molecule has 0 bridgehead atoms. The molecule has 0 radical (unpaired) electrons. The van der Waals surface area contributed by atoms with E-state index < -0.39 is 0 Å². The normalized spacial score (nSPS) is 27.1. The third-order valence-corrected chi connectivity index (χ3v) is 2.32. The van der Waals surface area contributed by atoms with Crippen LogP contribution in [-0.2, 0) is 4.74 Å². The van der Waals surface area contributed by atoms with Gasteiger partial charge in [-0.3, -0.25) is 0 Å². The molecule has 80 valence electrons. The van der Waals surface area contributed by atoms with Gasteiger partial charge in [0.2, 0.25) is 0 Å². The molecular formula is C10H18N2O2. The molecule has 1 N–H and O–H groups in total. The van der Waals surface area contributed by atoms with Crippen molar-refractivity contribution in [2.75, 3.05) is 19.7 Å². The number of rotatable bonds is 2. The highest BCUT2D eigenvalue weighted by Crippen LogP contribution is 2.08.